The summed E-state index contributed by atoms with van der Waals surface area (Å²) in [4.78, 5) is 22.8. The van der Waals surface area contributed by atoms with Gasteiger partial charge < -0.3 is 9.88 Å². The van der Waals surface area contributed by atoms with Crippen molar-refractivity contribution in [2.24, 2.45) is 0 Å². The van der Waals surface area contributed by atoms with Gasteiger partial charge in [0.2, 0.25) is 5.91 Å². The zero-order chi connectivity index (χ0) is 20.8. The fraction of sp³-hybridized carbons (Fsp3) is 0.250. The Labute approximate surface area is 172 Å². The van der Waals surface area contributed by atoms with E-state index in [1.165, 1.54) is 36.0 Å². The van der Waals surface area contributed by atoms with Gasteiger partial charge in [-0.05, 0) is 31.5 Å². The first-order valence-electron chi connectivity index (χ1n) is 9.16. The van der Waals surface area contributed by atoms with Crippen LogP contribution in [0.3, 0.4) is 0 Å². The normalized spacial score (nSPS) is 11.8. The third kappa shape index (κ3) is 5.20. The lowest BCUT2D eigenvalue weighted by molar-refractivity contribution is -0.384. The van der Waals surface area contributed by atoms with Crippen LogP contribution in [0.1, 0.15) is 25.2 Å². The lowest BCUT2D eigenvalue weighted by Gasteiger charge is -2.13. The molecule has 1 N–H and O–H groups in total. The van der Waals surface area contributed by atoms with Crippen LogP contribution in [-0.4, -0.2) is 30.8 Å². The molecule has 1 heterocycles. The number of carbonyl (C=O) groups is 1. The number of rotatable bonds is 8. The van der Waals surface area contributed by atoms with Gasteiger partial charge in [0, 0.05) is 30.8 Å². The van der Waals surface area contributed by atoms with Crippen molar-refractivity contribution in [1.82, 2.24) is 14.8 Å². The first-order chi connectivity index (χ1) is 14.0. The van der Waals surface area contributed by atoms with Crippen LogP contribution in [0.25, 0.3) is 0 Å². The predicted molar refractivity (Wildman–Crippen MR) is 112 cm³/mol. The van der Waals surface area contributed by atoms with Crippen molar-refractivity contribution < 1.29 is 9.72 Å². The summed E-state index contributed by atoms with van der Waals surface area (Å²) in [5.74, 6) is 0.642. The molecule has 0 saturated carbocycles. The summed E-state index contributed by atoms with van der Waals surface area (Å²) in [6, 6.07) is 15.8. The number of nitro benzene ring substituents is 1. The number of amides is 1. The Balaban J connectivity index is 1.65. The summed E-state index contributed by atoms with van der Waals surface area (Å²) in [6.07, 6.45) is 0.672. The maximum absolute atomic E-state index is 12.5. The minimum atomic E-state index is -0.477. The van der Waals surface area contributed by atoms with Crippen LogP contribution in [-0.2, 0) is 17.8 Å². The lowest BCUT2D eigenvalue weighted by Crippen LogP contribution is -2.23. The molecule has 2 aromatic carbocycles. The average molecular weight is 411 g/mol. The van der Waals surface area contributed by atoms with Crippen molar-refractivity contribution in [3.63, 3.8) is 0 Å². The van der Waals surface area contributed by atoms with Crippen LogP contribution < -0.4 is 5.32 Å². The quantitative estimate of drug-likeness (QED) is 0.342. The molecule has 0 aliphatic heterocycles. The van der Waals surface area contributed by atoms with Gasteiger partial charge in [-0.25, -0.2) is 0 Å². The Morgan fingerprint density at radius 3 is 2.48 bits per heavy atom. The molecule has 1 unspecified atom stereocenters. The molecule has 0 bridgehead atoms. The molecular formula is C20H21N5O3S. The highest BCUT2D eigenvalue weighted by Gasteiger charge is 2.20. The topological polar surface area (TPSA) is 103 Å². The summed E-state index contributed by atoms with van der Waals surface area (Å²) < 4.78 is 2.01. The molecule has 0 saturated heterocycles. The Kier molecular flexibility index (Phi) is 6.61. The smallest absolute Gasteiger partial charge is 0.269 e. The minimum Gasteiger partial charge on any atom is -0.325 e. The van der Waals surface area contributed by atoms with Crippen LogP contribution in [0.15, 0.2) is 59.8 Å². The van der Waals surface area contributed by atoms with E-state index in [9.17, 15) is 14.9 Å². The van der Waals surface area contributed by atoms with E-state index in [2.05, 4.69) is 15.5 Å². The van der Waals surface area contributed by atoms with Gasteiger partial charge in [0.25, 0.3) is 5.69 Å². The standard InChI is InChI=1S/C20H21N5O3S/c1-3-24-18(13-15-7-5-4-6-8-15)22-23-20(24)29-14(2)19(26)21-16-9-11-17(12-10-16)25(27)28/h4-12,14H,3,13H2,1-2H3,(H,21,26). The van der Waals surface area contributed by atoms with Crippen LogP contribution in [0.4, 0.5) is 11.4 Å². The zero-order valence-corrected chi connectivity index (χ0v) is 16.9. The molecule has 3 rings (SSSR count). The van der Waals surface area contributed by atoms with E-state index >= 15 is 0 Å². The number of carbonyl (C=O) groups excluding carboxylic acids is 1. The minimum absolute atomic E-state index is 0.0209. The third-order valence-electron chi connectivity index (χ3n) is 4.31. The lowest BCUT2D eigenvalue weighted by atomic mass is 10.1. The molecule has 3 aromatic rings. The molecule has 150 valence electrons. The van der Waals surface area contributed by atoms with E-state index in [4.69, 9.17) is 0 Å². The summed E-state index contributed by atoms with van der Waals surface area (Å²) in [7, 11) is 0. The van der Waals surface area contributed by atoms with Gasteiger partial charge in [-0.3, -0.25) is 14.9 Å². The third-order valence-corrected chi connectivity index (χ3v) is 5.39. The second-order valence-corrected chi connectivity index (χ2v) is 7.67. The number of benzene rings is 2. The first-order valence-corrected chi connectivity index (χ1v) is 10.0. The average Bonchev–Trinajstić information content (AvgIpc) is 3.10. The fourth-order valence-corrected chi connectivity index (χ4v) is 3.69. The number of aromatic nitrogens is 3. The Morgan fingerprint density at radius 2 is 1.86 bits per heavy atom. The van der Waals surface area contributed by atoms with Gasteiger partial charge in [-0.15, -0.1) is 10.2 Å². The first kappa shape index (κ1) is 20.5. The summed E-state index contributed by atoms with van der Waals surface area (Å²) >= 11 is 1.33. The van der Waals surface area contributed by atoms with E-state index in [1.807, 2.05) is 41.8 Å². The Hall–Kier alpha value is -3.20. The maximum atomic E-state index is 12.5. The molecule has 0 aliphatic rings. The maximum Gasteiger partial charge on any atom is 0.269 e. The molecule has 0 aliphatic carbocycles. The highest BCUT2D eigenvalue weighted by molar-refractivity contribution is 8.00. The summed E-state index contributed by atoms with van der Waals surface area (Å²) in [6.45, 7) is 4.51. The van der Waals surface area contributed by atoms with Crippen molar-refractivity contribution in [3.8, 4) is 0 Å². The van der Waals surface area contributed by atoms with Crippen molar-refractivity contribution in [1.29, 1.82) is 0 Å². The van der Waals surface area contributed by atoms with E-state index in [0.717, 1.165) is 11.4 Å². The number of thioether (sulfide) groups is 1. The number of non-ortho nitro benzene ring substituents is 1. The van der Waals surface area contributed by atoms with Crippen molar-refractivity contribution in [2.75, 3.05) is 5.32 Å². The van der Waals surface area contributed by atoms with Crippen LogP contribution in [0, 0.1) is 10.1 Å². The second-order valence-electron chi connectivity index (χ2n) is 6.36. The van der Waals surface area contributed by atoms with Crippen LogP contribution in [0.2, 0.25) is 0 Å². The molecule has 1 atom stereocenters. The van der Waals surface area contributed by atoms with Gasteiger partial charge in [0.15, 0.2) is 5.16 Å². The van der Waals surface area contributed by atoms with Crippen LogP contribution >= 0.6 is 11.8 Å². The highest BCUT2D eigenvalue weighted by atomic mass is 32.2. The van der Waals surface area contributed by atoms with Gasteiger partial charge in [0.05, 0.1) is 10.2 Å². The van der Waals surface area contributed by atoms with E-state index in [-0.39, 0.29) is 11.6 Å². The molecule has 1 amide bonds. The molecule has 9 heteroatoms. The summed E-state index contributed by atoms with van der Waals surface area (Å²) in [5.41, 5.74) is 1.64. The van der Waals surface area contributed by atoms with Crippen molar-refractivity contribution in [3.05, 3.63) is 76.1 Å². The van der Waals surface area contributed by atoms with Crippen LogP contribution in [0.5, 0.6) is 0 Å². The Morgan fingerprint density at radius 1 is 1.17 bits per heavy atom. The Bertz CT molecular complexity index is 989. The molecule has 8 nitrogen and oxygen atoms in total. The van der Waals surface area contributed by atoms with Gasteiger partial charge in [-0.2, -0.15) is 0 Å². The van der Waals surface area contributed by atoms with Crippen molar-refractivity contribution >= 4 is 29.0 Å². The molecule has 1 aromatic heterocycles. The number of anilines is 1. The number of nitrogens with one attached hydrogen (secondary N) is 1. The zero-order valence-electron chi connectivity index (χ0n) is 16.1. The van der Waals surface area contributed by atoms with Gasteiger partial charge in [-0.1, -0.05) is 42.1 Å². The van der Waals surface area contributed by atoms with Gasteiger partial charge in [0.1, 0.15) is 5.82 Å². The van der Waals surface area contributed by atoms with E-state index in [1.54, 1.807) is 6.92 Å². The van der Waals surface area contributed by atoms with E-state index in [0.29, 0.717) is 23.8 Å². The number of hydrogen-bond acceptors (Lipinski definition) is 6. The summed E-state index contributed by atoms with van der Waals surface area (Å²) in [5, 5.41) is 22.3. The second kappa shape index (κ2) is 9.33. The molecule has 29 heavy (non-hydrogen) atoms. The predicted octanol–water partition coefficient (Wildman–Crippen LogP) is 3.92. The van der Waals surface area contributed by atoms with Gasteiger partial charge >= 0.3 is 0 Å². The molecule has 0 spiro atoms. The van der Waals surface area contributed by atoms with Crippen molar-refractivity contribution in [2.45, 2.75) is 37.2 Å². The SMILES string of the molecule is CCn1c(Cc2ccccc2)nnc1SC(C)C(=O)Nc1ccc([N+](=O)[O-])cc1. The van der Waals surface area contributed by atoms with E-state index < -0.39 is 10.2 Å². The molecular weight excluding hydrogens is 390 g/mol. The fourth-order valence-electron chi connectivity index (χ4n) is 2.76. The number of nitrogens with zero attached hydrogens (tertiary/aromatic N) is 4. The monoisotopic (exact) mass is 411 g/mol. The number of nitro groups is 1. The molecule has 0 radical (unpaired) electrons. The highest BCUT2D eigenvalue weighted by Crippen LogP contribution is 2.25. The number of hydrogen-bond donors (Lipinski definition) is 1. The largest absolute Gasteiger partial charge is 0.325 e. The molecule has 0 fully saturated rings.